The normalized spacial score (nSPS) is 10.7. The molecule has 1 N–H and O–H groups in total. The standard InChI is InChI=1S/C16H19ClFN3/c1-4-8-19-15-10(3)14(5-2)20-16(21-15)11-6-7-13(18)12(17)9-11/h6-7,9H,4-5,8H2,1-3H3,(H,19,20,21). The molecule has 2 aromatic rings. The van der Waals surface area contributed by atoms with Crippen molar-refractivity contribution >= 4 is 17.4 Å². The van der Waals surface area contributed by atoms with Crippen LogP contribution in [0.2, 0.25) is 5.02 Å². The minimum Gasteiger partial charge on any atom is -0.370 e. The highest BCUT2D eigenvalue weighted by molar-refractivity contribution is 6.31. The number of hydrogen-bond acceptors (Lipinski definition) is 3. The van der Waals surface area contributed by atoms with E-state index in [1.54, 1.807) is 12.1 Å². The van der Waals surface area contributed by atoms with Crippen LogP contribution in [0.1, 0.15) is 31.5 Å². The quantitative estimate of drug-likeness (QED) is 0.875. The largest absolute Gasteiger partial charge is 0.370 e. The Bertz CT molecular complexity index is 644. The van der Waals surface area contributed by atoms with Gasteiger partial charge in [-0.2, -0.15) is 0 Å². The third-order valence-electron chi connectivity index (χ3n) is 3.30. The number of anilines is 1. The second-order valence-electron chi connectivity index (χ2n) is 4.88. The molecule has 0 saturated heterocycles. The first-order valence-corrected chi connectivity index (χ1v) is 7.51. The predicted octanol–water partition coefficient (Wildman–Crippen LogP) is 4.63. The SMILES string of the molecule is CCCNc1nc(-c2ccc(F)c(Cl)c2)nc(CC)c1C. The number of hydrogen-bond donors (Lipinski definition) is 1. The molecule has 0 aliphatic carbocycles. The van der Waals surface area contributed by atoms with Crippen molar-refractivity contribution in [1.29, 1.82) is 0 Å². The van der Waals surface area contributed by atoms with Crippen LogP contribution >= 0.6 is 11.6 Å². The summed E-state index contributed by atoms with van der Waals surface area (Å²) >= 11 is 5.85. The van der Waals surface area contributed by atoms with Gasteiger partial charge in [0.1, 0.15) is 11.6 Å². The van der Waals surface area contributed by atoms with Crippen LogP contribution in [0.3, 0.4) is 0 Å². The van der Waals surface area contributed by atoms with Crippen molar-refractivity contribution in [2.45, 2.75) is 33.6 Å². The van der Waals surface area contributed by atoms with Gasteiger partial charge in [0, 0.05) is 23.4 Å². The summed E-state index contributed by atoms with van der Waals surface area (Å²) < 4.78 is 13.3. The highest BCUT2D eigenvalue weighted by atomic mass is 35.5. The van der Waals surface area contributed by atoms with Crippen LogP contribution in [0.15, 0.2) is 18.2 Å². The van der Waals surface area contributed by atoms with E-state index >= 15 is 0 Å². The monoisotopic (exact) mass is 307 g/mol. The lowest BCUT2D eigenvalue weighted by molar-refractivity contribution is 0.628. The van der Waals surface area contributed by atoms with E-state index in [1.165, 1.54) is 6.07 Å². The van der Waals surface area contributed by atoms with Crippen molar-refractivity contribution in [3.63, 3.8) is 0 Å². The molecule has 0 amide bonds. The third-order valence-corrected chi connectivity index (χ3v) is 3.59. The molecular weight excluding hydrogens is 289 g/mol. The Morgan fingerprint density at radius 2 is 2.00 bits per heavy atom. The van der Waals surface area contributed by atoms with Gasteiger partial charge < -0.3 is 5.32 Å². The number of rotatable bonds is 5. The Labute approximate surface area is 129 Å². The number of nitrogens with one attached hydrogen (secondary N) is 1. The number of nitrogens with zero attached hydrogens (tertiary/aromatic N) is 2. The molecule has 0 unspecified atom stereocenters. The molecular formula is C16H19ClFN3. The maximum atomic E-state index is 13.3. The molecule has 1 heterocycles. The molecule has 0 aliphatic heterocycles. The molecule has 0 saturated carbocycles. The number of benzene rings is 1. The highest BCUT2D eigenvalue weighted by Crippen LogP contribution is 2.25. The summed E-state index contributed by atoms with van der Waals surface area (Å²) in [6.07, 6.45) is 1.83. The summed E-state index contributed by atoms with van der Waals surface area (Å²) in [5, 5.41) is 3.40. The molecule has 0 radical (unpaired) electrons. The molecule has 0 spiro atoms. The van der Waals surface area contributed by atoms with Gasteiger partial charge in [-0.15, -0.1) is 0 Å². The maximum absolute atomic E-state index is 13.3. The Kier molecular flexibility index (Phi) is 5.12. The van der Waals surface area contributed by atoms with Crippen LogP contribution in [-0.4, -0.2) is 16.5 Å². The van der Waals surface area contributed by atoms with E-state index in [4.69, 9.17) is 11.6 Å². The molecule has 21 heavy (non-hydrogen) atoms. The third kappa shape index (κ3) is 3.50. The Morgan fingerprint density at radius 3 is 2.62 bits per heavy atom. The minimum absolute atomic E-state index is 0.0813. The van der Waals surface area contributed by atoms with Crippen molar-refractivity contribution in [1.82, 2.24) is 9.97 Å². The average Bonchev–Trinajstić information content (AvgIpc) is 2.49. The molecule has 0 aliphatic rings. The molecule has 3 nitrogen and oxygen atoms in total. The van der Waals surface area contributed by atoms with Crippen molar-refractivity contribution < 1.29 is 4.39 Å². The van der Waals surface area contributed by atoms with Crippen LogP contribution < -0.4 is 5.32 Å². The smallest absolute Gasteiger partial charge is 0.161 e. The molecule has 0 bridgehead atoms. The van der Waals surface area contributed by atoms with Gasteiger partial charge in [-0.05, 0) is 38.0 Å². The zero-order chi connectivity index (χ0) is 15.4. The first kappa shape index (κ1) is 15.7. The molecule has 112 valence electrons. The molecule has 1 aromatic carbocycles. The van der Waals surface area contributed by atoms with Crippen LogP contribution in [0.5, 0.6) is 0 Å². The topological polar surface area (TPSA) is 37.8 Å². The second kappa shape index (κ2) is 6.85. The summed E-state index contributed by atoms with van der Waals surface area (Å²) in [4.78, 5) is 9.12. The molecule has 0 fully saturated rings. The molecule has 0 atom stereocenters. The zero-order valence-electron chi connectivity index (χ0n) is 12.5. The van der Waals surface area contributed by atoms with E-state index in [-0.39, 0.29) is 5.02 Å². The van der Waals surface area contributed by atoms with E-state index < -0.39 is 5.82 Å². The van der Waals surface area contributed by atoms with Crippen molar-refractivity contribution in [3.8, 4) is 11.4 Å². The van der Waals surface area contributed by atoms with Gasteiger partial charge >= 0.3 is 0 Å². The summed E-state index contributed by atoms with van der Waals surface area (Å²) in [6.45, 7) is 7.02. The first-order chi connectivity index (χ1) is 10.1. The van der Waals surface area contributed by atoms with Gasteiger partial charge in [-0.1, -0.05) is 25.4 Å². The zero-order valence-corrected chi connectivity index (χ0v) is 13.3. The summed E-state index contributed by atoms with van der Waals surface area (Å²) in [5.74, 6) is 0.963. The van der Waals surface area contributed by atoms with E-state index in [1.807, 2.05) is 6.92 Å². The van der Waals surface area contributed by atoms with E-state index in [9.17, 15) is 4.39 Å². The van der Waals surface area contributed by atoms with Gasteiger partial charge in [0.2, 0.25) is 0 Å². The summed E-state index contributed by atoms with van der Waals surface area (Å²) in [6, 6.07) is 4.55. The minimum atomic E-state index is -0.437. The van der Waals surface area contributed by atoms with E-state index in [0.29, 0.717) is 5.82 Å². The summed E-state index contributed by atoms with van der Waals surface area (Å²) in [7, 11) is 0. The lowest BCUT2D eigenvalue weighted by atomic mass is 10.1. The molecule has 1 aromatic heterocycles. The fourth-order valence-electron chi connectivity index (χ4n) is 2.09. The van der Waals surface area contributed by atoms with Gasteiger partial charge in [-0.3, -0.25) is 0 Å². The molecule has 2 rings (SSSR count). The number of aromatic nitrogens is 2. The van der Waals surface area contributed by atoms with Crippen molar-refractivity contribution in [2.75, 3.05) is 11.9 Å². The van der Waals surface area contributed by atoms with Crippen molar-refractivity contribution in [2.24, 2.45) is 0 Å². The lowest BCUT2D eigenvalue weighted by Crippen LogP contribution is -2.08. The van der Waals surface area contributed by atoms with Gasteiger partial charge in [0.15, 0.2) is 5.82 Å². The highest BCUT2D eigenvalue weighted by Gasteiger charge is 2.12. The van der Waals surface area contributed by atoms with Crippen molar-refractivity contribution in [3.05, 3.63) is 40.3 Å². The van der Waals surface area contributed by atoms with E-state index in [2.05, 4.69) is 29.1 Å². The summed E-state index contributed by atoms with van der Waals surface area (Å²) in [5.41, 5.74) is 2.76. The lowest BCUT2D eigenvalue weighted by Gasteiger charge is -2.13. The number of halogens is 2. The second-order valence-corrected chi connectivity index (χ2v) is 5.28. The van der Waals surface area contributed by atoms with Gasteiger partial charge in [-0.25, -0.2) is 14.4 Å². The van der Waals surface area contributed by atoms with Crippen LogP contribution in [0.25, 0.3) is 11.4 Å². The Morgan fingerprint density at radius 1 is 1.24 bits per heavy atom. The predicted molar refractivity (Wildman–Crippen MR) is 85.3 cm³/mol. The van der Waals surface area contributed by atoms with Gasteiger partial charge in [0.05, 0.1) is 5.02 Å². The molecule has 5 heteroatoms. The van der Waals surface area contributed by atoms with E-state index in [0.717, 1.165) is 42.0 Å². The van der Waals surface area contributed by atoms with Crippen LogP contribution in [0.4, 0.5) is 10.2 Å². The number of aryl methyl sites for hydroxylation is 1. The fraction of sp³-hybridized carbons (Fsp3) is 0.375. The first-order valence-electron chi connectivity index (χ1n) is 7.13. The average molecular weight is 308 g/mol. The Balaban J connectivity index is 2.49. The fourth-order valence-corrected chi connectivity index (χ4v) is 2.27. The Hall–Kier alpha value is -1.68. The van der Waals surface area contributed by atoms with Crippen LogP contribution in [0, 0.1) is 12.7 Å². The van der Waals surface area contributed by atoms with Crippen LogP contribution in [-0.2, 0) is 6.42 Å². The maximum Gasteiger partial charge on any atom is 0.161 e. The van der Waals surface area contributed by atoms with Gasteiger partial charge in [0.25, 0.3) is 0 Å².